The van der Waals surface area contributed by atoms with Gasteiger partial charge >= 0.3 is 12.1 Å². The van der Waals surface area contributed by atoms with Gasteiger partial charge in [0.2, 0.25) is 11.8 Å². The molecule has 0 bridgehead atoms. The van der Waals surface area contributed by atoms with Crippen molar-refractivity contribution < 1.29 is 28.7 Å². The molecule has 3 unspecified atom stereocenters. The van der Waals surface area contributed by atoms with E-state index in [1.807, 2.05) is 35.2 Å². The second-order valence-electron chi connectivity index (χ2n) is 11.4. The molecule has 2 fully saturated rings. The zero-order valence-corrected chi connectivity index (χ0v) is 22.2. The summed E-state index contributed by atoms with van der Waals surface area (Å²) in [4.78, 5) is 56.0. The van der Waals surface area contributed by atoms with Crippen molar-refractivity contribution in [1.82, 2.24) is 15.1 Å². The number of alkyl carbamates (subject to hydrolysis) is 1. The summed E-state index contributed by atoms with van der Waals surface area (Å²) in [5.41, 5.74) is -0.730. The lowest BCUT2D eigenvalue weighted by Crippen LogP contribution is -2.49. The van der Waals surface area contributed by atoms with Crippen LogP contribution in [0.5, 0.6) is 0 Å². The first-order valence-corrected chi connectivity index (χ1v) is 12.6. The van der Waals surface area contributed by atoms with Gasteiger partial charge in [0.1, 0.15) is 23.8 Å². The topological polar surface area (TPSA) is 105 Å². The van der Waals surface area contributed by atoms with Crippen LogP contribution < -0.4 is 5.32 Å². The summed E-state index contributed by atoms with van der Waals surface area (Å²) in [5, 5.41) is 2.49. The number of nitrogens with one attached hydrogen (secondary N) is 1. The SMILES string of the molecule is CC(C)(C)OC(=O)NCC(=O)N1C(C(=O)OC(C)(C)C)CC(C(=O)N2CCCC2)C1c1ccccc1. The second kappa shape index (κ2) is 10.9. The summed E-state index contributed by atoms with van der Waals surface area (Å²) >= 11 is 0. The summed E-state index contributed by atoms with van der Waals surface area (Å²) in [6.45, 7) is 11.4. The lowest BCUT2D eigenvalue weighted by Gasteiger charge is -2.33. The molecule has 0 aliphatic carbocycles. The molecule has 9 heteroatoms. The van der Waals surface area contributed by atoms with E-state index < -0.39 is 47.2 Å². The fourth-order valence-corrected chi connectivity index (χ4v) is 4.78. The van der Waals surface area contributed by atoms with E-state index in [1.165, 1.54) is 4.90 Å². The highest BCUT2D eigenvalue weighted by Gasteiger charge is 2.52. The number of likely N-dealkylation sites (tertiary alicyclic amines) is 2. The van der Waals surface area contributed by atoms with Crippen molar-refractivity contribution in [1.29, 1.82) is 0 Å². The lowest BCUT2D eigenvalue weighted by atomic mass is 9.91. The highest BCUT2D eigenvalue weighted by atomic mass is 16.6. The highest BCUT2D eigenvalue weighted by Crippen LogP contribution is 2.43. The van der Waals surface area contributed by atoms with Crippen LogP contribution in [0.15, 0.2) is 30.3 Å². The Kier molecular flexibility index (Phi) is 8.31. The van der Waals surface area contributed by atoms with Crippen molar-refractivity contribution in [2.45, 2.75) is 84.1 Å². The zero-order chi connectivity index (χ0) is 26.7. The van der Waals surface area contributed by atoms with Gasteiger partial charge in [0.25, 0.3) is 0 Å². The van der Waals surface area contributed by atoms with Crippen LogP contribution >= 0.6 is 0 Å². The van der Waals surface area contributed by atoms with Gasteiger partial charge in [0.05, 0.1) is 12.0 Å². The van der Waals surface area contributed by atoms with E-state index in [2.05, 4.69) is 5.32 Å². The number of hydrogen-bond acceptors (Lipinski definition) is 6. The molecule has 2 aliphatic heterocycles. The predicted molar refractivity (Wildman–Crippen MR) is 134 cm³/mol. The smallest absolute Gasteiger partial charge is 0.408 e. The first-order valence-electron chi connectivity index (χ1n) is 12.6. The van der Waals surface area contributed by atoms with Crippen molar-refractivity contribution in [3.63, 3.8) is 0 Å². The fraction of sp³-hybridized carbons (Fsp3) is 0.630. The van der Waals surface area contributed by atoms with Gasteiger partial charge in [0, 0.05) is 13.1 Å². The predicted octanol–water partition coefficient (Wildman–Crippen LogP) is 3.43. The molecule has 2 saturated heterocycles. The van der Waals surface area contributed by atoms with Crippen LogP contribution in [0.4, 0.5) is 4.79 Å². The molecule has 0 spiro atoms. The molecule has 2 heterocycles. The Morgan fingerprint density at radius 2 is 1.50 bits per heavy atom. The highest BCUT2D eigenvalue weighted by molar-refractivity contribution is 5.91. The van der Waals surface area contributed by atoms with E-state index in [9.17, 15) is 19.2 Å². The van der Waals surface area contributed by atoms with Crippen molar-refractivity contribution in [2.24, 2.45) is 5.92 Å². The molecule has 3 rings (SSSR count). The Morgan fingerprint density at radius 3 is 2.06 bits per heavy atom. The van der Waals surface area contributed by atoms with E-state index in [0.29, 0.717) is 13.1 Å². The number of benzene rings is 1. The number of carbonyl (C=O) groups is 4. The number of rotatable bonds is 5. The van der Waals surface area contributed by atoms with E-state index in [1.54, 1.807) is 41.5 Å². The molecule has 0 radical (unpaired) electrons. The number of carbonyl (C=O) groups excluding carboxylic acids is 4. The van der Waals surface area contributed by atoms with Crippen LogP contribution in [0.1, 0.15) is 72.4 Å². The van der Waals surface area contributed by atoms with Crippen LogP contribution in [-0.4, -0.2) is 70.6 Å². The van der Waals surface area contributed by atoms with Crippen LogP contribution in [0, 0.1) is 5.92 Å². The van der Waals surface area contributed by atoms with Crippen LogP contribution in [0.2, 0.25) is 0 Å². The molecule has 0 aromatic heterocycles. The normalized spacial score (nSPS) is 22.3. The van der Waals surface area contributed by atoms with E-state index in [4.69, 9.17) is 9.47 Å². The monoisotopic (exact) mass is 501 g/mol. The van der Waals surface area contributed by atoms with Gasteiger partial charge in [-0.15, -0.1) is 0 Å². The molecule has 198 valence electrons. The zero-order valence-electron chi connectivity index (χ0n) is 22.2. The van der Waals surface area contributed by atoms with Crippen LogP contribution in [0.3, 0.4) is 0 Å². The largest absolute Gasteiger partial charge is 0.458 e. The van der Waals surface area contributed by atoms with Crippen molar-refractivity contribution in [3.8, 4) is 0 Å². The van der Waals surface area contributed by atoms with Gasteiger partial charge in [-0.2, -0.15) is 0 Å². The quantitative estimate of drug-likeness (QED) is 0.620. The molecular formula is C27H39N3O6. The minimum absolute atomic E-state index is 0.0645. The molecule has 36 heavy (non-hydrogen) atoms. The van der Waals surface area contributed by atoms with Crippen molar-refractivity contribution >= 4 is 23.9 Å². The number of esters is 1. The van der Waals surface area contributed by atoms with E-state index in [-0.39, 0.29) is 18.9 Å². The Labute approximate surface area is 213 Å². The minimum Gasteiger partial charge on any atom is -0.458 e. The Balaban J connectivity index is 1.95. The number of nitrogens with zero attached hydrogens (tertiary/aromatic N) is 2. The Hall–Kier alpha value is -3.10. The van der Waals surface area contributed by atoms with Crippen LogP contribution in [0.25, 0.3) is 0 Å². The molecule has 2 aliphatic rings. The van der Waals surface area contributed by atoms with Gasteiger partial charge in [-0.25, -0.2) is 9.59 Å². The second-order valence-corrected chi connectivity index (χ2v) is 11.4. The summed E-state index contributed by atoms with van der Waals surface area (Å²) < 4.78 is 10.9. The lowest BCUT2D eigenvalue weighted by molar-refractivity contribution is -0.164. The Bertz CT molecular complexity index is 960. The molecule has 1 N–H and O–H groups in total. The first kappa shape index (κ1) is 27.5. The van der Waals surface area contributed by atoms with Gasteiger partial charge in [0.15, 0.2) is 0 Å². The number of ether oxygens (including phenoxy) is 2. The standard InChI is InChI=1S/C27H39N3O6/c1-26(2,3)35-24(33)20-16-19(23(32)29-14-10-11-15-29)22(18-12-8-7-9-13-18)30(20)21(31)17-28-25(34)36-27(4,5)6/h7-9,12-13,19-20,22H,10-11,14-17H2,1-6H3,(H,28,34). The molecule has 1 aromatic carbocycles. The maximum atomic E-state index is 13.6. The molecule has 3 amide bonds. The van der Waals surface area contributed by atoms with Gasteiger partial charge in [-0.05, 0) is 66.4 Å². The maximum absolute atomic E-state index is 13.6. The van der Waals surface area contributed by atoms with Gasteiger partial charge in [-0.3, -0.25) is 9.59 Å². The van der Waals surface area contributed by atoms with Crippen molar-refractivity contribution in [2.75, 3.05) is 19.6 Å². The third kappa shape index (κ3) is 6.98. The molecule has 0 saturated carbocycles. The fourth-order valence-electron chi connectivity index (χ4n) is 4.78. The molecule has 9 nitrogen and oxygen atoms in total. The Morgan fingerprint density at radius 1 is 0.917 bits per heavy atom. The summed E-state index contributed by atoms with van der Waals surface area (Å²) in [6, 6.07) is 7.63. The summed E-state index contributed by atoms with van der Waals surface area (Å²) in [6.07, 6.45) is 1.30. The number of hydrogen-bond donors (Lipinski definition) is 1. The third-order valence-corrected chi connectivity index (χ3v) is 6.12. The maximum Gasteiger partial charge on any atom is 0.408 e. The minimum atomic E-state index is -0.959. The van der Waals surface area contributed by atoms with E-state index in [0.717, 1.165) is 18.4 Å². The molecule has 3 atom stereocenters. The average molecular weight is 502 g/mol. The summed E-state index contributed by atoms with van der Waals surface area (Å²) in [5.74, 6) is -1.72. The average Bonchev–Trinajstić information content (AvgIpc) is 3.44. The van der Waals surface area contributed by atoms with Crippen LogP contribution in [-0.2, 0) is 23.9 Å². The number of amides is 3. The summed E-state index contributed by atoms with van der Waals surface area (Å²) in [7, 11) is 0. The molecular weight excluding hydrogens is 462 g/mol. The van der Waals surface area contributed by atoms with Gasteiger partial charge < -0.3 is 24.6 Å². The van der Waals surface area contributed by atoms with Crippen molar-refractivity contribution in [3.05, 3.63) is 35.9 Å². The van der Waals surface area contributed by atoms with Gasteiger partial charge in [-0.1, -0.05) is 30.3 Å². The third-order valence-electron chi connectivity index (χ3n) is 6.12. The van der Waals surface area contributed by atoms with E-state index >= 15 is 0 Å². The molecule has 1 aromatic rings. The first-order chi connectivity index (χ1) is 16.8.